The van der Waals surface area contributed by atoms with Gasteiger partial charge in [0, 0.05) is 25.0 Å². The van der Waals surface area contributed by atoms with E-state index in [1.807, 2.05) is 12.4 Å². The number of pyridine rings is 1. The van der Waals surface area contributed by atoms with Gasteiger partial charge in [-0.25, -0.2) is 0 Å². The zero-order valence-electron chi connectivity index (χ0n) is 10.8. The summed E-state index contributed by atoms with van der Waals surface area (Å²) in [5.41, 5.74) is 1.34. The van der Waals surface area contributed by atoms with E-state index >= 15 is 0 Å². The molecule has 2 nitrogen and oxygen atoms in total. The Hall–Kier alpha value is -0.310. The summed E-state index contributed by atoms with van der Waals surface area (Å²) in [5.74, 6) is 0. The Kier molecular flexibility index (Phi) is 10.4. The smallest absolute Gasteiger partial charge is 0.0271 e. The number of halogens is 2. The van der Waals surface area contributed by atoms with Crippen LogP contribution in [0.25, 0.3) is 0 Å². The van der Waals surface area contributed by atoms with Crippen molar-refractivity contribution in [2.75, 3.05) is 0 Å². The van der Waals surface area contributed by atoms with E-state index in [2.05, 4.69) is 22.4 Å². The summed E-state index contributed by atoms with van der Waals surface area (Å²) >= 11 is 0. The topological polar surface area (TPSA) is 24.9 Å². The van der Waals surface area contributed by atoms with Crippen molar-refractivity contribution < 1.29 is 0 Å². The van der Waals surface area contributed by atoms with E-state index in [1.54, 1.807) is 0 Å². The maximum absolute atomic E-state index is 4.04. The van der Waals surface area contributed by atoms with Gasteiger partial charge in [0.15, 0.2) is 0 Å². The predicted molar refractivity (Wildman–Crippen MR) is 81.7 cm³/mol. The fourth-order valence-corrected chi connectivity index (χ4v) is 2.42. The summed E-state index contributed by atoms with van der Waals surface area (Å²) in [6, 6.07) is 4.92. The van der Waals surface area contributed by atoms with Crippen molar-refractivity contribution >= 4 is 24.8 Å². The highest BCUT2D eigenvalue weighted by Crippen LogP contribution is 2.17. The third-order valence-corrected chi connectivity index (χ3v) is 3.45. The molecule has 1 heterocycles. The van der Waals surface area contributed by atoms with E-state index in [1.165, 1.54) is 50.5 Å². The zero-order valence-corrected chi connectivity index (χ0v) is 12.4. The van der Waals surface area contributed by atoms with E-state index in [9.17, 15) is 0 Å². The van der Waals surface area contributed by atoms with Crippen LogP contribution in [0.4, 0.5) is 0 Å². The Bertz CT molecular complexity index is 285. The van der Waals surface area contributed by atoms with E-state index in [4.69, 9.17) is 0 Å². The van der Waals surface area contributed by atoms with Gasteiger partial charge in [-0.15, -0.1) is 24.8 Å². The number of hydrogen-bond donors (Lipinski definition) is 1. The van der Waals surface area contributed by atoms with Crippen LogP contribution < -0.4 is 5.32 Å². The molecule has 0 bridgehead atoms. The van der Waals surface area contributed by atoms with Crippen LogP contribution in [0.3, 0.4) is 0 Å². The number of nitrogens with zero attached hydrogens (tertiary/aromatic N) is 1. The lowest BCUT2D eigenvalue weighted by atomic mass is 9.96. The summed E-state index contributed by atoms with van der Waals surface area (Å²) in [6.45, 7) is 0.993. The molecule has 0 aromatic carbocycles. The van der Waals surface area contributed by atoms with Gasteiger partial charge in [0.2, 0.25) is 0 Å². The Morgan fingerprint density at radius 3 is 2.11 bits per heavy atom. The van der Waals surface area contributed by atoms with Gasteiger partial charge in [0.25, 0.3) is 0 Å². The highest BCUT2D eigenvalue weighted by molar-refractivity contribution is 5.85. The van der Waals surface area contributed by atoms with E-state index < -0.39 is 0 Å². The first-order chi connectivity index (χ1) is 7.95. The summed E-state index contributed by atoms with van der Waals surface area (Å²) in [5, 5.41) is 3.68. The molecule has 0 atom stereocenters. The molecule has 1 saturated carbocycles. The number of hydrogen-bond acceptors (Lipinski definition) is 2. The summed E-state index contributed by atoms with van der Waals surface area (Å²) in [7, 11) is 0. The molecule has 0 saturated heterocycles. The molecule has 2 rings (SSSR count). The molecule has 1 aliphatic rings. The minimum absolute atomic E-state index is 0. The molecule has 1 aliphatic carbocycles. The monoisotopic (exact) mass is 290 g/mol. The molecule has 0 amide bonds. The molecule has 18 heavy (non-hydrogen) atoms. The molecule has 0 spiro atoms. The van der Waals surface area contributed by atoms with Gasteiger partial charge in [-0.1, -0.05) is 32.1 Å². The third kappa shape index (κ3) is 6.58. The van der Waals surface area contributed by atoms with Crippen molar-refractivity contribution in [2.24, 2.45) is 0 Å². The SMILES string of the molecule is Cl.Cl.c1cc(CNC2CCCCCCC2)ccn1. The minimum Gasteiger partial charge on any atom is -0.310 e. The highest BCUT2D eigenvalue weighted by atomic mass is 35.5. The molecule has 1 N–H and O–H groups in total. The van der Waals surface area contributed by atoms with Crippen LogP contribution in [0.5, 0.6) is 0 Å². The van der Waals surface area contributed by atoms with Gasteiger partial charge >= 0.3 is 0 Å². The second kappa shape index (κ2) is 10.6. The zero-order chi connectivity index (χ0) is 11.1. The fourth-order valence-electron chi connectivity index (χ4n) is 2.42. The standard InChI is InChI=1S/C14H22N2.2ClH/c1-2-4-6-14(7-5-3-1)16-12-13-8-10-15-11-9-13;;/h8-11,14,16H,1-7,12H2;2*1H. The van der Waals surface area contributed by atoms with Gasteiger partial charge in [0.1, 0.15) is 0 Å². The maximum Gasteiger partial charge on any atom is 0.0271 e. The van der Waals surface area contributed by atoms with Crippen LogP contribution >= 0.6 is 24.8 Å². The van der Waals surface area contributed by atoms with Crippen LogP contribution in [0, 0.1) is 0 Å². The van der Waals surface area contributed by atoms with Crippen LogP contribution in [0.1, 0.15) is 50.5 Å². The fraction of sp³-hybridized carbons (Fsp3) is 0.643. The molecule has 0 aliphatic heterocycles. The van der Waals surface area contributed by atoms with Crippen LogP contribution in [-0.4, -0.2) is 11.0 Å². The lowest BCUT2D eigenvalue weighted by Crippen LogP contribution is -2.29. The molecule has 1 fully saturated rings. The average molecular weight is 291 g/mol. The second-order valence-electron chi connectivity index (χ2n) is 4.78. The molecule has 0 radical (unpaired) electrons. The van der Waals surface area contributed by atoms with Crippen LogP contribution in [0.15, 0.2) is 24.5 Å². The summed E-state index contributed by atoms with van der Waals surface area (Å²) in [6.07, 6.45) is 13.5. The number of aromatic nitrogens is 1. The van der Waals surface area contributed by atoms with Gasteiger partial charge < -0.3 is 5.32 Å². The van der Waals surface area contributed by atoms with Gasteiger partial charge in [-0.3, -0.25) is 4.98 Å². The van der Waals surface area contributed by atoms with Crippen LogP contribution in [-0.2, 0) is 6.54 Å². The molecule has 0 unspecified atom stereocenters. The Morgan fingerprint density at radius 2 is 1.50 bits per heavy atom. The van der Waals surface area contributed by atoms with Crippen molar-refractivity contribution in [1.82, 2.24) is 10.3 Å². The minimum atomic E-state index is 0. The Labute approximate surface area is 123 Å². The maximum atomic E-state index is 4.04. The number of nitrogens with one attached hydrogen (secondary N) is 1. The second-order valence-corrected chi connectivity index (χ2v) is 4.78. The van der Waals surface area contributed by atoms with Gasteiger partial charge in [0.05, 0.1) is 0 Å². The molecule has 4 heteroatoms. The molecular formula is C14H24Cl2N2. The largest absolute Gasteiger partial charge is 0.310 e. The van der Waals surface area contributed by atoms with Gasteiger partial charge in [-0.2, -0.15) is 0 Å². The molecule has 1 aromatic heterocycles. The lowest BCUT2D eigenvalue weighted by Gasteiger charge is -2.21. The van der Waals surface area contributed by atoms with E-state index in [-0.39, 0.29) is 24.8 Å². The first kappa shape index (κ1) is 17.7. The lowest BCUT2D eigenvalue weighted by molar-refractivity contribution is 0.389. The van der Waals surface area contributed by atoms with Crippen molar-refractivity contribution in [1.29, 1.82) is 0 Å². The Morgan fingerprint density at radius 1 is 0.944 bits per heavy atom. The average Bonchev–Trinajstić information content (AvgIpc) is 2.29. The third-order valence-electron chi connectivity index (χ3n) is 3.45. The Balaban J connectivity index is 0.00000144. The van der Waals surface area contributed by atoms with Crippen molar-refractivity contribution in [3.8, 4) is 0 Å². The normalized spacial score (nSPS) is 16.9. The van der Waals surface area contributed by atoms with E-state index in [0.29, 0.717) is 0 Å². The van der Waals surface area contributed by atoms with Crippen molar-refractivity contribution in [3.05, 3.63) is 30.1 Å². The summed E-state index contributed by atoms with van der Waals surface area (Å²) in [4.78, 5) is 4.04. The summed E-state index contributed by atoms with van der Waals surface area (Å²) < 4.78 is 0. The molecule has 1 aromatic rings. The van der Waals surface area contributed by atoms with Crippen molar-refractivity contribution in [3.63, 3.8) is 0 Å². The van der Waals surface area contributed by atoms with Crippen molar-refractivity contribution in [2.45, 2.75) is 57.5 Å². The first-order valence-electron chi connectivity index (χ1n) is 6.57. The van der Waals surface area contributed by atoms with Gasteiger partial charge in [-0.05, 0) is 30.5 Å². The quantitative estimate of drug-likeness (QED) is 0.905. The first-order valence-corrected chi connectivity index (χ1v) is 6.57. The van der Waals surface area contributed by atoms with E-state index in [0.717, 1.165) is 12.6 Å². The predicted octanol–water partition coefficient (Wildman–Crippen LogP) is 4.13. The molecular weight excluding hydrogens is 267 g/mol. The number of rotatable bonds is 3. The van der Waals surface area contributed by atoms with Crippen LogP contribution in [0.2, 0.25) is 0 Å². The highest BCUT2D eigenvalue weighted by Gasteiger charge is 2.10. The molecule has 104 valence electrons.